The van der Waals surface area contributed by atoms with Crippen LogP contribution >= 0.6 is 0 Å². The molecule has 172 valence electrons. The molecule has 0 saturated heterocycles. The van der Waals surface area contributed by atoms with Crippen LogP contribution in [0.3, 0.4) is 0 Å². The highest BCUT2D eigenvalue weighted by molar-refractivity contribution is 5.27. The zero-order chi connectivity index (χ0) is 21.9. The summed E-state index contributed by atoms with van der Waals surface area (Å²) in [6, 6.07) is 0. The second-order valence-corrected chi connectivity index (χ2v) is 12.6. The first-order valence-electron chi connectivity index (χ1n) is 12.7. The SMILES string of the molecule is C[C@H](CCCC(C)(C)O)[C@H]1CC[C@H]2[C@@H]3CC=C4C[C@@H](O)C[C@H](O)[C@]4(C)[C@H]3CC[C@]12C. The predicted octanol–water partition coefficient (Wildman–Crippen LogP) is 5.47. The van der Waals surface area contributed by atoms with Gasteiger partial charge in [-0.2, -0.15) is 0 Å². The highest BCUT2D eigenvalue weighted by atomic mass is 16.3. The number of aliphatic hydroxyl groups is 3. The van der Waals surface area contributed by atoms with Crippen LogP contribution in [0.2, 0.25) is 0 Å². The molecule has 4 rings (SSSR count). The summed E-state index contributed by atoms with van der Waals surface area (Å²) in [5.41, 5.74) is 1.10. The lowest BCUT2D eigenvalue weighted by Crippen LogP contribution is -2.55. The molecule has 0 unspecified atom stereocenters. The minimum absolute atomic E-state index is 0.125. The van der Waals surface area contributed by atoms with E-state index >= 15 is 0 Å². The number of allylic oxidation sites excluding steroid dienone is 1. The summed E-state index contributed by atoms with van der Waals surface area (Å²) in [5, 5.41) is 31.4. The van der Waals surface area contributed by atoms with Crippen molar-refractivity contribution >= 4 is 0 Å². The summed E-state index contributed by atoms with van der Waals surface area (Å²) < 4.78 is 0. The van der Waals surface area contributed by atoms with Gasteiger partial charge < -0.3 is 15.3 Å². The van der Waals surface area contributed by atoms with Crippen molar-refractivity contribution in [2.75, 3.05) is 0 Å². The molecule has 0 amide bonds. The Morgan fingerprint density at radius 2 is 1.87 bits per heavy atom. The van der Waals surface area contributed by atoms with Gasteiger partial charge in [-0.3, -0.25) is 0 Å². The van der Waals surface area contributed by atoms with Gasteiger partial charge in [0.25, 0.3) is 0 Å². The molecule has 0 radical (unpaired) electrons. The van der Waals surface area contributed by atoms with Crippen LogP contribution in [0.25, 0.3) is 0 Å². The van der Waals surface area contributed by atoms with E-state index in [1.807, 2.05) is 13.8 Å². The van der Waals surface area contributed by atoms with E-state index < -0.39 is 11.7 Å². The minimum Gasteiger partial charge on any atom is -0.393 e. The van der Waals surface area contributed by atoms with Gasteiger partial charge in [-0.1, -0.05) is 45.3 Å². The summed E-state index contributed by atoms with van der Waals surface area (Å²) in [6.07, 6.45) is 12.5. The first kappa shape index (κ1) is 22.8. The third-order valence-corrected chi connectivity index (χ3v) is 10.4. The molecule has 0 bridgehead atoms. The van der Waals surface area contributed by atoms with Crippen molar-refractivity contribution < 1.29 is 15.3 Å². The molecule has 3 N–H and O–H groups in total. The van der Waals surface area contributed by atoms with Crippen molar-refractivity contribution in [3.63, 3.8) is 0 Å². The lowest BCUT2D eigenvalue weighted by Gasteiger charge is -2.59. The lowest BCUT2D eigenvalue weighted by molar-refractivity contribution is -0.108. The second-order valence-electron chi connectivity index (χ2n) is 12.6. The number of hydrogen-bond donors (Lipinski definition) is 3. The maximum absolute atomic E-state index is 11.1. The van der Waals surface area contributed by atoms with Crippen molar-refractivity contribution in [1.82, 2.24) is 0 Å². The largest absolute Gasteiger partial charge is 0.393 e. The Morgan fingerprint density at radius 1 is 1.13 bits per heavy atom. The van der Waals surface area contributed by atoms with Crippen LogP contribution in [0.1, 0.15) is 98.8 Å². The van der Waals surface area contributed by atoms with Crippen molar-refractivity contribution in [3.05, 3.63) is 11.6 Å². The van der Waals surface area contributed by atoms with Crippen molar-refractivity contribution in [2.24, 2.45) is 40.4 Å². The van der Waals surface area contributed by atoms with Gasteiger partial charge in [-0.15, -0.1) is 0 Å². The summed E-state index contributed by atoms with van der Waals surface area (Å²) >= 11 is 0. The molecule has 0 aromatic carbocycles. The summed E-state index contributed by atoms with van der Waals surface area (Å²) in [7, 11) is 0. The van der Waals surface area contributed by atoms with Gasteiger partial charge in [0.15, 0.2) is 0 Å². The van der Waals surface area contributed by atoms with Gasteiger partial charge in [-0.25, -0.2) is 0 Å². The molecule has 30 heavy (non-hydrogen) atoms. The molecule has 3 nitrogen and oxygen atoms in total. The molecule has 0 aromatic rings. The third kappa shape index (κ3) is 3.71. The zero-order valence-corrected chi connectivity index (χ0v) is 20.0. The number of aliphatic hydroxyl groups excluding tert-OH is 2. The fourth-order valence-corrected chi connectivity index (χ4v) is 8.73. The summed E-state index contributed by atoms with van der Waals surface area (Å²) in [4.78, 5) is 0. The second kappa shape index (κ2) is 7.89. The van der Waals surface area contributed by atoms with E-state index in [9.17, 15) is 15.3 Å². The topological polar surface area (TPSA) is 60.7 Å². The summed E-state index contributed by atoms with van der Waals surface area (Å²) in [6.45, 7) is 11.2. The van der Waals surface area contributed by atoms with E-state index in [0.29, 0.717) is 23.7 Å². The van der Waals surface area contributed by atoms with Crippen LogP contribution < -0.4 is 0 Å². The van der Waals surface area contributed by atoms with Crippen molar-refractivity contribution in [2.45, 2.75) is 117 Å². The van der Waals surface area contributed by atoms with E-state index in [4.69, 9.17) is 0 Å². The fraction of sp³-hybridized carbons (Fsp3) is 0.926. The van der Waals surface area contributed by atoms with E-state index in [-0.39, 0.29) is 11.5 Å². The van der Waals surface area contributed by atoms with Crippen LogP contribution in [0.5, 0.6) is 0 Å². The van der Waals surface area contributed by atoms with Crippen LogP contribution in [-0.4, -0.2) is 33.1 Å². The fourth-order valence-electron chi connectivity index (χ4n) is 8.73. The Hall–Kier alpha value is -0.380. The number of hydrogen-bond acceptors (Lipinski definition) is 3. The third-order valence-electron chi connectivity index (χ3n) is 10.4. The van der Waals surface area contributed by atoms with Crippen molar-refractivity contribution in [3.8, 4) is 0 Å². The zero-order valence-electron chi connectivity index (χ0n) is 20.0. The lowest BCUT2D eigenvalue weighted by atomic mass is 9.46. The standard InChI is InChI=1S/C27H46O3/c1-17(7-6-13-25(2,3)30)21-10-11-22-20-9-8-18-15-19(28)16-24(29)27(18,5)23(20)12-14-26(21,22)4/h8,17,19-24,28-30H,6-7,9-16H2,1-5H3/t17-,19-,20+,21-,22+,23+,24+,26-,27+/m1/s1. The molecule has 0 aliphatic heterocycles. The minimum atomic E-state index is -0.546. The highest BCUT2D eigenvalue weighted by Crippen LogP contribution is 2.67. The monoisotopic (exact) mass is 418 g/mol. The quantitative estimate of drug-likeness (QED) is 0.519. The molecular formula is C27H46O3. The Labute approximate surface area is 184 Å². The average molecular weight is 419 g/mol. The molecule has 3 heteroatoms. The van der Waals surface area contributed by atoms with Crippen molar-refractivity contribution in [1.29, 1.82) is 0 Å². The highest BCUT2D eigenvalue weighted by Gasteiger charge is 2.60. The molecular weight excluding hydrogens is 372 g/mol. The molecule has 4 aliphatic rings. The number of fused-ring (bicyclic) bond motifs is 5. The molecule has 9 atom stereocenters. The molecule has 0 spiro atoms. The maximum atomic E-state index is 11.1. The van der Waals surface area contributed by atoms with E-state index in [1.54, 1.807) is 0 Å². The smallest absolute Gasteiger partial charge is 0.0658 e. The molecule has 3 saturated carbocycles. The molecule has 0 aromatic heterocycles. The molecule has 3 fully saturated rings. The van der Waals surface area contributed by atoms with Gasteiger partial charge in [0.1, 0.15) is 0 Å². The summed E-state index contributed by atoms with van der Waals surface area (Å²) in [5.74, 6) is 3.55. The van der Waals surface area contributed by atoms with Crippen LogP contribution in [-0.2, 0) is 0 Å². The molecule has 0 heterocycles. The maximum Gasteiger partial charge on any atom is 0.0658 e. The Kier molecular flexibility index (Phi) is 5.99. The normalized spacial score (nSPS) is 47.1. The van der Waals surface area contributed by atoms with Crippen LogP contribution in [0.15, 0.2) is 11.6 Å². The van der Waals surface area contributed by atoms with E-state index in [1.165, 1.54) is 37.7 Å². The first-order valence-corrected chi connectivity index (χ1v) is 12.7. The van der Waals surface area contributed by atoms with Crippen LogP contribution in [0.4, 0.5) is 0 Å². The van der Waals surface area contributed by atoms with Gasteiger partial charge in [0.2, 0.25) is 0 Å². The van der Waals surface area contributed by atoms with E-state index in [0.717, 1.165) is 43.4 Å². The van der Waals surface area contributed by atoms with Gasteiger partial charge >= 0.3 is 0 Å². The first-order chi connectivity index (χ1) is 14.0. The Balaban J connectivity index is 1.50. The van der Waals surface area contributed by atoms with E-state index in [2.05, 4.69) is 26.8 Å². The molecule has 4 aliphatic carbocycles. The van der Waals surface area contributed by atoms with Gasteiger partial charge in [-0.05, 0) is 93.8 Å². The number of rotatable bonds is 5. The van der Waals surface area contributed by atoms with Crippen LogP contribution in [0, 0.1) is 40.4 Å². The van der Waals surface area contributed by atoms with Gasteiger partial charge in [0, 0.05) is 11.8 Å². The Morgan fingerprint density at radius 3 is 2.57 bits per heavy atom. The predicted molar refractivity (Wildman–Crippen MR) is 122 cm³/mol. The van der Waals surface area contributed by atoms with Gasteiger partial charge in [0.05, 0.1) is 17.8 Å². The Bertz CT molecular complexity index is 664. The average Bonchev–Trinajstić information content (AvgIpc) is 2.99.